The maximum absolute atomic E-state index is 10.9. The Bertz CT molecular complexity index is 462. The number of hydrogen-bond donors (Lipinski definition) is 1. The van der Waals surface area contributed by atoms with E-state index in [1.165, 1.54) is 24.2 Å². The lowest BCUT2D eigenvalue weighted by molar-refractivity contribution is 0.0691. The Kier molecular flexibility index (Phi) is 2.99. The zero-order chi connectivity index (χ0) is 12.7. The van der Waals surface area contributed by atoms with Crippen LogP contribution < -0.4 is 4.90 Å². The van der Waals surface area contributed by atoms with Gasteiger partial charge in [-0.1, -0.05) is 0 Å². The minimum Gasteiger partial charge on any atom is -0.476 e. The third kappa shape index (κ3) is 1.99. The molecular weight excluding hydrogens is 250 g/mol. The van der Waals surface area contributed by atoms with E-state index in [4.69, 9.17) is 5.11 Å². The molecule has 3 rings (SSSR count). The van der Waals surface area contributed by atoms with E-state index in [1.54, 1.807) is 5.38 Å². The molecule has 2 unspecified atom stereocenters. The highest BCUT2D eigenvalue weighted by Gasteiger charge is 2.35. The summed E-state index contributed by atoms with van der Waals surface area (Å²) in [6, 6.07) is 1.29. The molecule has 5 nitrogen and oxygen atoms in total. The standard InChI is InChI=1S/C12H17N3O2S/c1-14-8-2-3-9(14)6-15(5-4-8)12-13-10(7-18-12)11(16)17/h7-9H,2-6H2,1H3,(H,16,17). The first-order chi connectivity index (χ1) is 8.65. The highest BCUT2D eigenvalue weighted by Crippen LogP contribution is 2.31. The lowest BCUT2D eigenvalue weighted by atomic mass is 10.1. The number of hydrogen-bond acceptors (Lipinski definition) is 5. The van der Waals surface area contributed by atoms with E-state index in [-0.39, 0.29) is 5.69 Å². The fraction of sp³-hybridized carbons (Fsp3) is 0.667. The highest BCUT2D eigenvalue weighted by molar-refractivity contribution is 7.13. The van der Waals surface area contributed by atoms with E-state index >= 15 is 0 Å². The number of carbonyl (C=O) groups is 1. The van der Waals surface area contributed by atoms with Gasteiger partial charge < -0.3 is 10.0 Å². The highest BCUT2D eigenvalue weighted by atomic mass is 32.1. The molecule has 2 bridgehead atoms. The summed E-state index contributed by atoms with van der Waals surface area (Å²) in [5, 5.41) is 11.4. The second-order valence-corrected chi connectivity index (χ2v) is 5.94. The van der Waals surface area contributed by atoms with E-state index in [0.717, 1.165) is 24.6 Å². The molecule has 3 heterocycles. The van der Waals surface area contributed by atoms with Crippen molar-refractivity contribution in [3.63, 3.8) is 0 Å². The van der Waals surface area contributed by atoms with Crippen LogP contribution in [0.2, 0.25) is 0 Å². The lowest BCUT2D eigenvalue weighted by Gasteiger charge is -2.25. The SMILES string of the molecule is CN1C2CCC1CN(c1nc(C(=O)O)cs1)CC2. The van der Waals surface area contributed by atoms with Crippen molar-refractivity contribution in [1.82, 2.24) is 9.88 Å². The Morgan fingerprint density at radius 3 is 2.94 bits per heavy atom. The van der Waals surface area contributed by atoms with Crippen LogP contribution in [0.3, 0.4) is 0 Å². The summed E-state index contributed by atoms with van der Waals surface area (Å²) in [5.74, 6) is -0.939. The molecule has 2 atom stereocenters. The number of aromatic nitrogens is 1. The number of thiazole rings is 1. The van der Waals surface area contributed by atoms with Crippen LogP contribution in [0.25, 0.3) is 0 Å². The van der Waals surface area contributed by atoms with Crippen LogP contribution in [0, 0.1) is 0 Å². The minimum atomic E-state index is -0.939. The molecule has 0 radical (unpaired) electrons. The molecule has 6 heteroatoms. The first-order valence-electron chi connectivity index (χ1n) is 6.31. The molecule has 18 heavy (non-hydrogen) atoms. The summed E-state index contributed by atoms with van der Waals surface area (Å²) in [6.07, 6.45) is 3.69. The molecule has 1 aromatic heterocycles. The zero-order valence-electron chi connectivity index (χ0n) is 10.4. The van der Waals surface area contributed by atoms with E-state index in [9.17, 15) is 4.79 Å². The van der Waals surface area contributed by atoms with Gasteiger partial charge in [0.15, 0.2) is 10.8 Å². The number of aromatic carboxylic acids is 1. The molecule has 1 aromatic rings. The number of fused-ring (bicyclic) bond motifs is 2. The predicted molar refractivity (Wildman–Crippen MR) is 70.5 cm³/mol. The number of rotatable bonds is 2. The van der Waals surface area contributed by atoms with Crippen molar-refractivity contribution >= 4 is 22.4 Å². The zero-order valence-corrected chi connectivity index (χ0v) is 11.2. The van der Waals surface area contributed by atoms with E-state index in [0.29, 0.717) is 12.1 Å². The second kappa shape index (κ2) is 4.51. The maximum Gasteiger partial charge on any atom is 0.355 e. The van der Waals surface area contributed by atoms with Gasteiger partial charge >= 0.3 is 5.97 Å². The predicted octanol–water partition coefficient (Wildman–Crippen LogP) is 1.51. The Morgan fingerprint density at radius 1 is 1.44 bits per heavy atom. The third-order valence-electron chi connectivity index (χ3n) is 4.13. The van der Waals surface area contributed by atoms with Gasteiger partial charge in [0.1, 0.15) is 0 Å². The van der Waals surface area contributed by atoms with Gasteiger partial charge in [0.05, 0.1) is 0 Å². The molecule has 1 N–H and O–H groups in total. The summed E-state index contributed by atoms with van der Waals surface area (Å²) in [5.41, 5.74) is 0.165. The van der Waals surface area contributed by atoms with Gasteiger partial charge in [-0.25, -0.2) is 9.78 Å². The van der Waals surface area contributed by atoms with Gasteiger partial charge in [0, 0.05) is 30.6 Å². The molecule has 2 saturated heterocycles. The molecule has 2 fully saturated rings. The van der Waals surface area contributed by atoms with E-state index in [1.807, 2.05) is 0 Å². The van der Waals surface area contributed by atoms with Crippen molar-refractivity contribution < 1.29 is 9.90 Å². The quantitative estimate of drug-likeness (QED) is 0.880. The average Bonchev–Trinajstić information content (AvgIpc) is 2.86. The normalized spacial score (nSPS) is 28.4. The number of anilines is 1. The Hall–Kier alpha value is -1.14. The molecule has 0 spiro atoms. The summed E-state index contributed by atoms with van der Waals surface area (Å²) >= 11 is 1.44. The number of carboxylic acids is 1. The summed E-state index contributed by atoms with van der Waals surface area (Å²) in [4.78, 5) is 19.8. The molecule has 0 aromatic carbocycles. The Morgan fingerprint density at radius 2 is 2.22 bits per heavy atom. The maximum atomic E-state index is 10.9. The first-order valence-corrected chi connectivity index (χ1v) is 7.19. The Labute approximate surface area is 110 Å². The van der Waals surface area contributed by atoms with Crippen LogP contribution in [-0.2, 0) is 0 Å². The van der Waals surface area contributed by atoms with Crippen LogP contribution in [0.15, 0.2) is 5.38 Å². The second-order valence-electron chi connectivity index (χ2n) is 5.11. The first kappa shape index (κ1) is 11.9. The van der Waals surface area contributed by atoms with Crippen molar-refractivity contribution in [2.24, 2.45) is 0 Å². The van der Waals surface area contributed by atoms with Crippen molar-refractivity contribution in [3.05, 3.63) is 11.1 Å². The van der Waals surface area contributed by atoms with Crippen molar-refractivity contribution in [2.45, 2.75) is 31.3 Å². The number of nitrogens with zero attached hydrogens (tertiary/aromatic N) is 3. The van der Waals surface area contributed by atoms with Gasteiger partial charge in [-0.3, -0.25) is 4.90 Å². The molecular formula is C12H17N3O2S. The number of likely N-dealkylation sites (N-methyl/N-ethyl adjacent to an activating group) is 1. The van der Waals surface area contributed by atoms with Crippen molar-refractivity contribution in [2.75, 3.05) is 25.0 Å². The van der Waals surface area contributed by atoms with Gasteiger partial charge in [-0.15, -0.1) is 11.3 Å². The fourth-order valence-electron chi connectivity index (χ4n) is 2.99. The van der Waals surface area contributed by atoms with Gasteiger partial charge in [0.2, 0.25) is 0 Å². The number of carboxylic acid groups (broad SMARTS) is 1. The topological polar surface area (TPSA) is 56.7 Å². The molecule has 2 aliphatic heterocycles. The minimum absolute atomic E-state index is 0.165. The van der Waals surface area contributed by atoms with Gasteiger partial charge in [-0.2, -0.15) is 0 Å². The fourth-order valence-corrected chi connectivity index (χ4v) is 3.83. The molecule has 2 aliphatic rings. The lowest BCUT2D eigenvalue weighted by Crippen LogP contribution is -2.36. The van der Waals surface area contributed by atoms with Gasteiger partial charge in [0.25, 0.3) is 0 Å². The van der Waals surface area contributed by atoms with Crippen LogP contribution in [0.4, 0.5) is 5.13 Å². The molecule has 0 aliphatic carbocycles. The van der Waals surface area contributed by atoms with E-state index in [2.05, 4.69) is 21.8 Å². The van der Waals surface area contributed by atoms with Crippen LogP contribution in [-0.4, -0.2) is 53.2 Å². The van der Waals surface area contributed by atoms with Crippen LogP contribution >= 0.6 is 11.3 Å². The van der Waals surface area contributed by atoms with Crippen LogP contribution in [0.1, 0.15) is 29.8 Å². The summed E-state index contributed by atoms with van der Waals surface area (Å²) in [7, 11) is 2.20. The average molecular weight is 267 g/mol. The third-order valence-corrected chi connectivity index (χ3v) is 5.03. The summed E-state index contributed by atoms with van der Waals surface area (Å²) < 4.78 is 0. The Balaban J connectivity index is 1.78. The van der Waals surface area contributed by atoms with Crippen molar-refractivity contribution in [3.8, 4) is 0 Å². The molecule has 0 saturated carbocycles. The molecule has 98 valence electrons. The molecule has 0 amide bonds. The smallest absolute Gasteiger partial charge is 0.355 e. The van der Waals surface area contributed by atoms with E-state index < -0.39 is 5.97 Å². The van der Waals surface area contributed by atoms with Crippen LogP contribution in [0.5, 0.6) is 0 Å². The van der Waals surface area contributed by atoms with Gasteiger partial charge in [-0.05, 0) is 26.3 Å². The summed E-state index contributed by atoms with van der Waals surface area (Å²) in [6.45, 7) is 1.96. The van der Waals surface area contributed by atoms with Crippen molar-refractivity contribution in [1.29, 1.82) is 0 Å². The largest absolute Gasteiger partial charge is 0.476 e. The monoisotopic (exact) mass is 267 g/mol.